The second-order valence-electron chi connectivity index (χ2n) is 4.86. The molecule has 22 heavy (non-hydrogen) atoms. The summed E-state index contributed by atoms with van der Waals surface area (Å²) in [5, 5.41) is 2.73. The first-order valence-corrected chi connectivity index (χ1v) is 7.70. The van der Waals surface area contributed by atoms with E-state index in [-0.39, 0.29) is 11.7 Å². The Morgan fingerprint density at radius 3 is 2.73 bits per heavy atom. The van der Waals surface area contributed by atoms with Crippen LogP contribution in [0.4, 0.5) is 10.2 Å². The summed E-state index contributed by atoms with van der Waals surface area (Å²) in [6, 6.07) is 8.14. The van der Waals surface area contributed by atoms with Crippen LogP contribution in [-0.4, -0.2) is 24.5 Å². The molecule has 116 valence electrons. The number of amides is 1. The lowest BCUT2D eigenvalue weighted by molar-refractivity contribution is 0.0955. The summed E-state index contributed by atoms with van der Waals surface area (Å²) in [6.45, 7) is 3.03. The predicted molar refractivity (Wildman–Crippen MR) is 88.5 cm³/mol. The fourth-order valence-corrected chi connectivity index (χ4v) is 2.47. The third-order valence-corrected chi connectivity index (χ3v) is 3.90. The van der Waals surface area contributed by atoms with Crippen molar-refractivity contribution in [1.29, 1.82) is 0 Å². The van der Waals surface area contributed by atoms with E-state index in [0.29, 0.717) is 18.7 Å². The molecule has 1 N–H and O–H groups in total. The standard InChI is InChI=1S/C16H17BrFN3O/c1-3-19-16(22)11-5-7-15(20-9-11)21(2)10-12-4-6-13(18)8-14(12)17/h4-9H,3,10H2,1-2H3,(H,19,22). The van der Waals surface area contributed by atoms with Crippen molar-refractivity contribution in [3.63, 3.8) is 0 Å². The molecule has 0 aliphatic carbocycles. The van der Waals surface area contributed by atoms with Crippen molar-refractivity contribution in [3.8, 4) is 0 Å². The van der Waals surface area contributed by atoms with E-state index in [2.05, 4.69) is 26.2 Å². The first-order chi connectivity index (χ1) is 10.5. The van der Waals surface area contributed by atoms with Gasteiger partial charge in [-0.05, 0) is 36.8 Å². The van der Waals surface area contributed by atoms with Crippen LogP contribution in [0.3, 0.4) is 0 Å². The van der Waals surface area contributed by atoms with E-state index in [1.54, 1.807) is 24.4 Å². The highest BCUT2D eigenvalue weighted by molar-refractivity contribution is 9.10. The van der Waals surface area contributed by atoms with Gasteiger partial charge < -0.3 is 10.2 Å². The normalized spacial score (nSPS) is 10.4. The van der Waals surface area contributed by atoms with Crippen molar-refractivity contribution >= 4 is 27.7 Å². The van der Waals surface area contributed by atoms with E-state index in [0.717, 1.165) is 15.9 Å². The minimum absolute atomic E-state index is 0.134. The number of carbonyl (C=O) groups is 1. The van der Waals surface area contributed by atoms with Crippen LogP contribution >= 0.6 is 15.9 Å². The van der Waals surface area contributed by atoms with Crippen molar-refractivity contribution in [2.75, 3.05) is 18.5 Å². The average Bonchev–Trinajstić information content (AvgIpc) is 2.50. The van der Waals surface area contributed by atoms with Gasteiger partial charge in [0.05, 0.1) is 5.56 Å². The van der Waals surface area contributed by atoms with Crippen LogP contribution in [0.1, 0.15) is 22.8 Å². The van der Waals surface area contributed by atoms with Gasteiger partial charge in [0.2, 0.25) is 0 Å². The number of hydrogen-bond donors (Lipinski definition) is 1. The highest BCUT2D eigenvalue weighted by Gasteiger charge is 2.09. The molecule has 0 atom stereocenters. The molecule has 0 saturated carbocycles. The Kier molecular flexibility index (Phi) is 5.49. The van der Waals surface area contributed by atoms with Gasteiger partial charge >= 0.3 is 0 Å². The Labute approximate surface area is 137 Å². The number of rotatable bonds is 5. The SMILES string of the molecule is CCNC(=O)c1ccc(N(C)Cc2ccc(F)cc2Br)nc1. The zero-order valence-electron chi connectivity index (χ0n) is 12.4. The van der Waals surface area contributed by atoms with Crippen LogP contribution < -0.4 is 10.2 Å². The smallest absolute Gasteiger partial charge is 0.252 e. The Morgan fingerprint density at radius 2 is 2.14 bits per heavy atom. The molecule has 2 aromatic rings. The lowest BCUT2D eigenvalue weighted by Gasteiger charge is -2.19. The van der Waals surface area contributed by atoms with Crippen molar-refractivity contribution in [2.24, 2.45) is 0 Å². The van der Waals surface area contributed by atoms with E-state index in [9.17, 15) is 9.18 Å². The monoisotopic (exact) mass is 365 g/mol. The lowest BCUT2D eigenvalue weighted by Crippen LogP contribution is -2.23. The summed E-state index contributed by atoms with van der Waals surface area (Å²) in [5.74, 6) is 0.331. The summed E-state index contributed by atoms with van der Waals surface area (Å²) in [7, 11) is 1.89. The molecule has 0 unspecified atom stereocenters. The van der Waals surface area contributed by atoms with E-state index >= 15 is 0 Å². The average molecular weight is 366 g/mol. The molecule has 2 rings (SSSR count). The minimum Gasteiger partial charge on any atom is -0.355 e. The Bertz CT molecular complexity index is 661. The van der Waals surface area contributed by atoms with Crippen LogP contribution in [0.15, 0.2) is 41.0 Å². The van der Waals surface area contributed by atoms with E-state index in [4.69, 9.17) is 0 Å². The number of aromatic nitrogens is 1. The molecule has 0 aliphatic rings. The molecular formula is C16H17BrFN3O. The van der Waals surface area contributed by atoms with Crippen LogP contribution in [0, 0.1) is 5.82 Å². The molecule has 0 radical (unpaired) electrons. The van der Waals surface area contributed by atoms with Crippen LogP contribution in [0.2, 0.25) is 0 Å². The van der Waals surface area contributed by atoms with Gasteiger partial charge in [-0.15, -0.1) is 0 Å². The third kappa shape index (κ3) is 4.04. The highest BCUT2D eigenvalue weighted by atomic mass is 79.9. The maximum Gasteiger partial charge on any atom is 0.252 e. The second kappa shape index (κ2) is 7.35. The van der Waals surface area contributed by atoms with Crippen LogP contribution in [-0.2, 0) is 6.54 Å². The Morgan fingerprint density at radius 1 is 1.36 bits per heavy atom. The second-order valence-corrected chi connectivity index (χ2v) is 5.71. The van der Waals surface area contributed by atoms with Gasteiger partial charge in [-0.3, -0.25) is 4.79 Å². The van der Waals surface area contributed by atoms with Gasteiger partial charge in [0.25, 0.3) is 5.91 Å². The predicted octanol–water partition coefficient (Wildman–Crippen LogP) is 3.37. The molecule has 1 heterocycles. The molecule has 0 bridgehead atoms. The molecule has 0 saturated heterocycles. The molecule has 0 aliphatic heterocycles. The highest BCUT2D eigenvalue weighted by Crippen LogP contribution is 2.21. The summed E-state index contributed by atoms with van der Waals surface area (Å²) in [5.41, 5.74) is 1.49. The van der Waals surface area contributed by atoms with Crippen molar-refractivity contribution < 1.29 is 9.18 Å². The van der Waals surface area contributed by atoms with Gasteiger partial charge in [-0.25, -0.2) is 9.37 Å². The van der Waals surface area contributed by atoms with Crippen LogP contribution in [0.5, 0.6) is 0 Å². The lowest BCUT2D eigenvalue weighted by atomic mass is 10.2. The fourth-order valence-electron chi connectivity index (χ4n) is 2.00. The van der Waals surface area contributed by atoms with Crippen molar-refractivity contribution in [1.82, 2.24) is 10.3 Å². The molecule has 6 heteroatoms. The molecular weight excluding hydrogens is 349 g/mol. The fraction of sp³-hybridized carbons (Fsp3) is 0.250. The number of halogens is 2. The molecule has 0 fully saturated rings. The number of pyridine rings is 1. The minimum atomic E-state index is -0.275. The summed E-state index contributed by atoms with van der Waals surface area (Å²) < 4.78 is 13.8. The molecule has 1 aromatic heterocycles. The van der Waals surface area contributed by atoms with E-state index < -0.39 is 0 Å². The number of nitrogens with one attached hydrogen (secondary N) is 1. The number of benzene rings is 1. The van der Waals surface area contributed by atoms with Crippen molar-refractivity contribution in [2.45, 2.75) is 13.5 Å². The first kappa shape index (κ1) is 16.4. The molecule has 1 amide bonds. The zero-order valence-corrected chi connectivity index (χ0v) is 14.0. The van der Waals surface area contributed by atoms with Crippen LogP contribution in [0.25, 0.3) is 0 Å². The number of hydrogen-bond acceptors (Lipinski definition) is 3. The summed E-state index contributed by atoms with van der Waals surface area (Å²) in [6.07, 6.45) is 1.55. The number of nitrogens with zero attached hydrogens (tertiary/aromatic N) is 2. The van der Waals surface area contributed by atoms with Gasteiger partial charge in [0, 0.05) is 30.8 Å². The number of carbonyl (C=O) groups excluding carboxylic acids is 1. The largest absolute Gasteiger partial charge is 0.355 e. The third-order valence-electron chi connectivity index (χ3n) is 3.16. The Hall–Kier alpha value is -1.95. The van der Waals surface area contributed by atoms with Gasteiger partial charge in [0.15, 0.2) is 0 Å². The maximum atomic E-state index is 13.1. The Balaban J connectivity index is 2.09. The summed E-state index contributed by atoms with van der Waals surface area (Å²) in [4.78, 5) is 17.9. The molecule has 0 spiro atoms. The maximum absolute atomic E-state index is 13.1. The quantitative estimate of drug-likeness (QED) is 0.883. The molecule has 4 nitrogen and oxygen atoms in total. The first-order valence-electron chi connectivity index (χ1n) is 6.90. The summed E-state index contributed by atoms with van der Waals surface area (Å²) >= 11 is 3.36. The molecule has 1 aromatic carbocycles. The topological polar surface area (TPSA) is 45.2 Å². The van der Waals surface area contributed by atoms with Gasteiger partial charge in [-0.2, -0.15) is 0 Å². The zero-order chi connectivity index (χ0) is 16.1. The van der Waals surface area contributed by atoms with Gasteiger partial charge in [-0.1, -0.05) is 22.0 Å². The number of anilines is 1. The van der Waals surface area contributed by atoms with Gasteiger partial charge in [0.1, 0.15) is 11.6 Å². The van der Waals surface area contributed by atoms with E-state index in [1.807, 2.05) is 18.9 Å². The van der Waals surface area contributed by atoms with E-state index in [1.165, 1.54) is 12.1 Å². The van der Waals surface area contributed by atoms with Crippen molar-refractivity contribution in [3.05, 3.63) is 57.9 Å².